The van der Waals surface area contributed by atoms with Gasteiger partial charge in [0.05, 0.1) is 19.0 Å². The summed E-state index contributed by atoms with van der Waals surface area (Å²) in [6, 6.07) is 9.11. The molecule has 1 atom stereocenters. The van der Waals surface area contributed by atoms with Gasteiger partial charge in [0.2, 0.25) is 0 Å². The van der Waals surface area contributed by atoms with E-state index in [9.17, 15) is 8.42 Å². The minimum absolute atomic E-state index is 0.139. The molecular formula is C15H20N4O3S. The smallest absolute Gasteiger partial charge is 0.258 e. The van der Waals surface area contributed by atoms with E-state index in [4.69, 9.17) is 4.74 Å². The number of hydrogen-bond acceptors (Lipinski definition) is 5. The van der Waals surface area contributed by atoms with E-state index in [2.05, 4.69) is 14.7 Å². The second kappa shape index (κ2) is 6.21. The molecule has 2 heterocycles. The Balaban J connectivity index is 1.72. The monoisotopic (exact) mass is 336 g/mol. The third-order valence-electron chi connectivity index (χ3n) is 3.99. The molecule has 0 aliphatic carbocycles. The third kappa shape index (κ3) is 3.18. The Bertz CT molecular complexity index is 788. The van der Waals surface area contributed by atoms with Crippen molar-refractivity contribution < 1.29 is 13.2 Å². The van der Waals surface area contributed by atoms with Crippen LogP contribution in [-0.2, 0) is 17.1 Å². The first-order valence-corrected chi connectivity index (χ1v) is 8.88. The van der Waals surface area contributed by atoms with E-state index >= 15 is 0 Å². The number of sulfonamides is 1. The molecule has 0 unspecified atom stereocenters. The van der Waals surface area contributed by atoms with Crippen LogP contribution < -0.4 is 14.4 Å². The van der Waals surface area contributed by atoms with Gasteiger partial charge in [0, 0.05) is 26.2 Å². The van der Waals surface area contributed by atoms with Crippen molar-refractivity contribution in [2.75, 3.05) is 25.1 Å². The molecule has 0 saturated carbocycles. The zero-order valence-electron chi connectivity index (χ0n) is 13.1. The maximum absolute atomic E-state index is 12.4. The second-order valence-corrected chi connectivity index (χ2v) is 7.18. The number of aryl methyl sites for hydroxylation is 1. The quantitative estimate of drug-likeness (QED) is 0.881. The van der Waals surface area contributed by atoms with E-state index < -0.39 is 10.0 Å². The van der Waals surface area contributed by atoms with Crippen molar-refractivity contribution in [2.24, 2.45) is 7.05 Å². The van der Waals surface area contributed by atoms with Crippen molar-refractivity contribution in [3.8, 4) is 5.75 Å². The van der Waals surface area contributed by atoms with Crippen LogP contribution in [-0.4, -0.2) is 44.4 Å². The van der Waals surface area contributed by atoms with Gasteiger partial charge in [-0.2, -0.15) is 5.10 Å². The highest BCUT2D eigenvalue weighted by Crippen LogP contribution is 2.30. The van der Waals surface area contributed by atoms with Crippen LogP contribution in [0.4, 0.5) is 5.69 Å². The third-order valence-corrected chi connectivity index (χ3v) is 5.58. The number of para-hydroxylation sites is 2. The van der Waals surface area contributed by atoms with Gasteiger partial charge in [-0.25, -0.2) is 13.1 Å². The van der Waals surface area contributed by atoms with Gasteiger partial charge in [-0.3, -0.25) is 4.68 Å². The van der Waals surface area contributed by atoms with Crippen molar-refractivity contribution in [3.63, 3.8) is 0 Å². The maximum atomic E-state index is 12.4. The molecular weight excluding hydrogens is 316 g/mol. The molecule has 23 heavy (non-hydrogen) atoms. The molecule has 3 rings (SSSR count). The number of rotatable bonds is 5. The fourth-order valence-electron chi connectivity index (χ4n) is 2.87. The van der Waals surface area contributed by atoms with Crippen LogP contribution in [0.5, 0.6) is 5.75 Å². The predicted octanol–water partition coefficient (Wildman–Crippen LogP) is 0.986. The lowest BCUT2D eigenvalue weighted by atomic mass is 10.2. The van der Waals surface area contributed by atoms with E-state index in [1.54, 1.807) is 14.2 Å². The fraction of sp³-hybridized carbons (Fsp3) is 0.400. The van der Waals surface area contributed by atoms with Crippen molar-refractivity contribution in [1.82, 2.24) is 14.5 Å². The number of anilines is 1. The lowest BCUT2D eigenvalue weighted by Gasteiger charge is -2.21. The normalized spacial score (nSPS) is 18.3. The van der Waals surface area contributed by atoms with Gasteiger partial charge >= 0.3 is 0 Å². The standard InChI is InChI=1S/C15H20N4O3S/c1-18-15(7-9-16-18)23(20,21)17-12-8-10-19(11-12)13-5-3-4-6-14(13)22-2/h3-7,9,12,17H,8,10-11H2,1-2H3/t12-/m0/s1. The predicted molar refractivity (Wildman–Crippen MR) is 87.1 cm³/mol. The summed E-state index contributed by atoms with van der Waals surface area (Å²) in [6.07, 6.45) is 2.22. The van der Waals surface area contributed by atoms with E-state index in [1.165, 1.54) is 16.9 Å². The highest BCUT2D eigenvalue weighted by atomic mass is 32.2. The van der Waals surface area contributed by atoms with Crippen LogP contribution in [0.25, 0.3) is 0 Å². The molecule has 1 fully saturated rings. The van der Waals surface area contributed by atoms with Crippen LogP contribution in [0.3, 0.4) is 0 Å². The Labute approximate surface area is 135 Å². The summed E-state index contributed by atoms with van der Waals surface area (Å²) in [4.78, 5) is 2.13. The van der Waals surface area contributed by atoms with Crippen molar-refractivity contribution >= 4 is 15.7 Å². The lowest BCUT2D eigenvalue weighted by molar-refractivity contribution is 0.415. The molecule has 1 aliphatic rings. The van der Waals surface area contributed by atoms with Gasteiger partial charge in [-0.1, -0.05) is 12.1 Å². The number of benzene rings is 1. The maximum Gasteiger partial charge on any atom is 0.258 e. The van der Waals surface area contributed by atoms with Crippen LogP contribution >= 0.6 is 0 Å². The number of methoxy groups -OCH3 is 1. The van der Waals surface area contributed by atoms with Crippen molar-refractivity contribution in [2.45, 2.75) is 17.5 Å². The summed E-state index contributed by atoms with van der Waals surface area (Å²) in [5, 5.41) is 4.09. The highest BCUT2D eigenvalue weighted by molar-refractivity contribution is 7.89. The van der Waals surface area contributed by atoms with E-state index in [0.29, 0.717) is 6.54 Å². The molecule has 1 aliphatic heterocycles. The summed E-state index contributed by atoms with van der Waals surface area (Å²) < 4.78 is 34.3. The molecule has 0 bridgehead atoms. The van der Waals surface area contributed by atoms with E-state index in [-0.39, 0.29) is 11.1 Å². The van der Waals surface area contributed by atoms with Gasteiger partial charge in [0.1, 0.15) is 5.75 Å². The molecule has 124 valence electrons. The van der Waals surface area contributed by atoms with Crippen molar-refractivity contribution in [1.29, 1.82) is 0 Å². The van der Waals surface area contributed by atoms with Gasteiger partial charge in [-0.05, 0) is 24.6 Å². The number of nitrogens with zero attached hydrogens (tertiary/aromatic N) is 3. The Kier molecular flexibility index (Phi) is 4.27. The van der Waals surface area contributed by atoms with Gasteiger partial charge < -0.3 is 9.64 Å². The van der Waals surface area contributed by atoms with Gasteiger partial charge in [0.15, 0.2) is 5.03 Å². The minimum Gasteiger partial charge on any atom is -0.495 e. The lowest BCUT2D eigenvalue weighted by Crippen LogP contribution is -2.37. The van der Waals surface area contributed by atoms with Crippen molar-refractivity contribution in [3.05, 3.63) is 36.5 Å². The molecule has 1 saturated heterocycles. The number of nitrogens with one attached hydrogen (secondary N) is 1. The molecule has 0 radical (unpaired) electrons. The van der Waals surface area contributed by atoms with Gasteiger partial charge in [0.25, 0.3) is 10.0 Å². The minimum atomic E-state index is -3.56. The average molecular weight is 336 g/mol. The summed E-state index contributed by atoms with van der Waals surface area (Å²) in [5.74, 6) is 0.794. The number of ether oxygens (including phenoxy) is 1. The van der Waals surface area contributed by atoms with Crippen LogP contribution in [0, 0.1) is 0 Å². The van der Waals surface area contributed by atoms with E-state index in [1.807, 2.05) is 24.3 Å². The SMILES string of the molecule is COc1ccccc1N1CC[C@H](NS(=O)(=O)c2ccnn2C)C1. The van der Waals surface area contributed by atoms with E-state index in [0.717, 1.165) is 24.4 Å². The summed E-state index contributed by atoms with van der Waals surface area (Å²) in [7, 11) is -0.308. The first-order valence-electron chi connectivity index (χ1n) is 7.39. The van der Waals surface area contributed by atoms with Crippen LogP contribution in [0.2, 0.25) is 0 Å². The largest absolute Gasteiger partial charge is 0.495 e. The molecule has 8 heteroatoms. The zero-order chi connectivity index (χ0) is 16.4. The second-order valence-electron chi connectivity index (χ2n) is 5.52. The molecule has 2 aromatic rings. The molecule has 0 spiro atoms. The Morgan fingerprint density at radius 2 is 2.09 bits per heavy atom. The number of hydrogen-bond donors (Lipinski definition) is 1. The summed E-state index contributed by atoms with van der Waals surface area (Å²) >= 11 is 0. The zero-order valence-corrected chi connectivity index (χ0v) is 14.0. The number of aromatic nitrogens is 2. The average Bonchev–Trinajstić information content (AvgIpc) is 3.16. The highest BCUT2D eigenvalue weighted by Gasteiger charge is 2.29. The Hall–Kier alpha value is -2.06. The molecule has 0 amide bonds. The first-order chi connectivity index (χ1) is 11.0. The van der Waals surface area contributed by atoms with Crippen LogP contribution in [0.1, 0.15) is 6.42 Å². The summed E-state index contributed by atoms with van der Waals surface area (Å²) in [6.45, 7) is 1.39. The molecule has 1 N–H and O–H groups in total. The summed E-state index contributed by atoms with van der Waals surface area (Å²) in [5.41, 5.74) is 0.984. The topological polar surface area (TPSA) is 76.5 Å². The molecule has 1 aromatic carbocycles. The molecule has 1 aromatic heterocycles. The Morgan fingerprint density at radius 1 is 1.30 bits per heavy atom. The van der Waals surface area contributed by atoms with Crippen LogP contribution in [0.15, 0.2) is 41.6 Å². The fourth-order valence-corrected chi connectivity index (χ4v) is 4.26. The van der Waals surface area contributed by atoms with Gasteiger partial charge in [-0.15, -0.1) is 0 Å². The first kappa shape index (κ1) is 15.8. The Morgan fingerprint density at radius 3 is 2.78 bits per heavy atom. The molecule has 7 nitrogen and oxygen atoms in total.